The zero-order valence-corrected chi connectivity index (χ0v) is 10.4. The molecule has 0 heterocycles. The number of nitrogens with two attached hydrogens (primary N) is 1. The van der Waals surface area contributed by atoms with Crippen LogP contribution < -0.4 is 5.73 Å². The second-order valence-electron chi connectivity index (χ2n) is 5.18. The molecule has 2 rings (SSSR count). The molecule has 0 spiro atoms. The molecule has 1 nitrogen and oxygen atoms in total. The number of rotatable bonds is 5. The van der Waals surface area contributed by atoms with Crippen molar-refractivity contribution in [3.8, 4) is 0 Å². The Morgan fingerprint density at radius 1 is 1.24 bits per heavy atom. The van der Waals surface area contributed by atoms with E-state index in [0.717, 1.165) is 17.9 Å². The van der Waals surface area contributed by atoms with E-state index >= 15 is 0 Å². The van der Waals surface area contributed by atoms with Gasteiger partial charge in [-0.25, -0.2) is 4.39 Å². The van der Waals surface area contributed by atoms with Gasteiger partial charge >= 0.3 is 0 Å². The maximum absolute atomic E-state index is 13.7. The third-order valence-electron chi connectivity index (χ3n) is 4.03. The van der Waals surface area contributed by atoms with Gasteiger partial charge in [0.2, 0.25) is 0 Å². The van der Waals surface area contributed by atoms with Gasteiger partial charge in [0, 0.05) is 0 Å². The fourth-order valence-corrected chi connectivity index (χ4v) is 2.94. The highest BCUT2D eigenvalue weighted by molar-refractivity contribution is 5.22. The fourth-order valence-electron chi connectivity index (χ4n) is 2.94. The molecule has 0 amide bonds. The molecule has 0 bridgehead atoms. The molecule has 2 N–H and O–H groups in total. The number of benzene rings is 1. The van der Waals surface area contributed by atoms with Crippen LogP contribution >= 0.6 is 0 Å². The molecule has 1 aliphatic rings. The quantitative estimate of drug-likeness (QED) is 0.824. The van der Waals surface area contributed by atoms with Gasteiger partial charge in [-0.2, -0.15) is 0 Å². The molecule has 1 aliphatic carbocycles. The number of hydrogen-bond acceptors (Lipinski definition) is 1. The molecule has 2 heteroatoms. The summed E-state index contributed by atoms with van der Waals surface area (Å²) in [7, 11) is 0. The van der Waals surface area contributed by atoms with E-state index in [9.17, 15) is 4.39 Å². The first-order chi connectivity index (χ1) is 8.31. The monoisotopic (exact) mass is 235 g/mol. The summed E-state index contributed by atoms with van der Waals surface area (Å²) in [6.07, 6.45) is 7.69. The van der Waals surface area contributed by atoms with Crippen molar-refractivity contribution in [2.24, 2.45) is 11.7 Å². The van der Waals surface area contributed by atoms with Crippen molar-refractivity contribution >= 4 is 0 Å². The van der Waals surface area contributed by atoms with E-state index in [-0.39, 0.29) is 11.7 Å². The van der Waals surface area contributed by atoms with Crippen molar-refractivity contribution in [3.05, 3.63) is 35.6 Å². The maximum Gasteiger partial charge on any atom is 0.126 e. The van der Waals surface area contributed by atoms with Gasteiger partial charge in [-0.15, -0.1) is 0 Å². The van der Waals surface area contributed by atoms with E-state index in [0.29, 0.717) is 6.54 Å². The predicted molar refractivity (Wildman–Crippen MR) is 69.4 cm³/mol. The lowest BCUT2D eigenvalue weighted by molar-refractivity contribution is 0.444. The van der Waals surface area contributed by atoms with Crippen LogP contribution in [0.2, 0.25) is 0 Å². The summed E-state index contributed by atoms with van der Waals surface area (Å²) in [5.41, 5.74) is 6.59. The molecular formula is C15H22FN. The lowest BCUT2D eigenvalue weighted by Crippen LogP contribution is -2.15. The smallest absolute Gasteiger partial charge is 0.126 e. The minimum Gasteiger partial charge on any atom is -0.330 e. The van der Waals surface area contributed by atoms with Gasteiger partial charge in [0.25, 0.3) is 0 Å². The summed E-state index contributed by atoms with van der Waals surface area (Å²) in [6.45, 7) is 0.549. The molecule has 1 unspecified atom stereocenters. The summed E-state index contributed by atoms with van der Waals surface area (Å²) in [5, 5.41) is 0. The van der Waals surface area contributed by atoms with Crippen LogP contribution in [-0.4, -0.2) is 6.54 Å². The Balaban J connectivity index is 1.94. The van der Waals surface area contributed by atoms with Crippen molar-refractivity contribution in [1.82, 2.24) is 0 Å². The predicted octanol–water partition coefficient (Wildman–Crippen LogP) is 3.84. The molecule has 1 saturated carbocycles. The van der Waals surface area contributed by atoms with Gasteiger partial charge in [0.1, 0.15) is 5.82 Å². The zero-order chi connectivity index (χ0) is 12.1. The molecule has 1 aromatic rings. The Morgan fingerprint density at radius 3 is 2.59 bits per heavy atom. The minimum atomic E-state index is -0.102. The molecule has 94 valence electrons. The van der Waals surface area contributed by atoms with Crippen LogP contribution in [0.1, 0.15) is 50.0 Å². The SMILES string of the molecule is NCC(CCC1CCCC1)c1ccccc1F. The van der Waals surface area contributed by atoms with E-state index in [4.69, 9.17) is 5.73 Å². The van der Waals surface area contributed by atoms with E-state index < -0.39 is 0 Å². The van der Waals surface area contributed by atoms with E-state index in [1.807, 2.05) is 12.1 Å². The van der Waals surface area contributed by atoms with Gasteiger partial charge < -0.3 is 5.73 Å². The lowest BCUT2D eigenvalue weighted by Gasteiger charge is -2.18. The summed E-state index contributed by atoms with van der Waals surface area (Å²) >= 11 is 0. The van der Waals surface area contributed by atoms with Crippen molar-refractivity contribution < 1.29 is 4.39 Å². The first-order valence-corrected chi connectivity index (χ1v) is 6.75. The number of halogens is 1. The standard InChI is InChI=1S/C15H22FN/c16-15-8-4-3-7-14(15)13(11-17)10-9-12-5-1-2-6-12/h3-4,7-8,12-13H,1-2,5-6,9-11,17H2. The van der Waals surface area contributed by atoms with Crippen LogP contribution in [0.5, 0.6) is 0 Å². The number of hydrogen-bond donors (Lipinski definition) is 1. The van der Waals surface area contributed by atoms with Crippen molar-refractivity contribution in [2.75, 3.05) is 6.54 Å². The highest BCUT2D eigenvalue weighted by Crippen LogP contribution is 2.32. The Kier molecular flexibility index (Phi) is 4.55. The second-order valence-corrected chi connectivity index (χ2v) is 5.18. The largest absolute Gasteiger partial charge is 0.330 e. The Bertz CT molecular complexity index is 345. The fraction of sp³-hybridized carbons (Fsp3) is 0.600. The van der Waals surface area contributed by atoms with Crippen LogP contribution in [0.3, 0.4) is 0 Å². The van der Waals surface area contributed by atoms with Crippen LogP contribution in [0, 0.1) is 11.7 Å². The molecule has 0 radical (unpaired) electrons. The minimum absolute atomic E-state index is 0.102. The lowest BCUT2D eigenvalue weighted by atomic mass is 9.89. The van der Waals surface area contributed by atoms with Gasteiger partial charge in [-0.05, 0) is 42.9 Å². The Morgan fingerprint density at radius 2 is 1.94 bits per heavy atom. The van der Waals surface area contributed by atoms with Crippen LogP contribution in [0.4, 0.5) is 4.39 Å². The normalized spacial score (nSPS) is 18.5. The topological polar surface area (TPSA) is 26.0 Å². The molecule has 0 aliphatic heterocycles. The molecule has 1 atom stereocenters. The van der Waals surface area contributed by atoms with Gasteiger partial charge in [0.15, 0.2) is 0 Å². The van der Waals surface area contributed by atoms with Crippen LogP contribution in [0.15, 0.2) is 24.3 Å². The van der Waals surface area contributed by atoms with Gasteiger partial charge in [0.05, 0.1) is 0 Å². The first kappa shape index (κ1) is 12.6. The average Bonchev–Trinajstić information content (AvgIpc) is 2.85. The third kappa shape index (κ3) is 3.29. The summed E-state index contributed by atoms with van der Waals surface area (Å²) in [6, 6.07) is 7.05. The highest BCUT2D eigenvalue weighted by atomic mass is 19.1. The Hall–Kier alpha value is -0.890. The second kappa shape index (κ2) is 6.15. The van der Waals surface area contributed by atoms with Gasteiger partial charge in [-0.3, -0.25) is 0 Å². The Labute approximate surface area is 103 Å². The maximum atomic E-state index is 13.7. The van der Waals surface area contributed by atoms with Crippen molar-refractivity contribution in [3.63, 3.8) is 0 Å². The van der Waals surface area contributed by atoms with E-state index in [2.05, 4.69) is 0 Å². The molecule has 0 saturated heterocycles. The van der Waals surface area contributed by atoms with Gasteiger partial charge in [-0.1, -0.05) is 43.9 Å². The molecule has 1 fully saturated rings. The summed E-state index contributed by atoms with van der Waals surface area (Å²) in [4.78, 5) is 0. The first-order valence-electron chi connectivity index (χ1n) is 6.75. The third-order valence-corrected chi connectivity index (χ3v) is 4.03. The highest BCUT2D eigenvalue weighted by Gasteiger charge is 2.19. The van der Waals surface area contributed by atoms with Crippen molar-refractivity contribution in [1.29, 1.82) is 0 Å². The molecule has 17 heavy (non-hydrogen) atoms. The summed E-state index contributed by atoms with van der Waals surface area (Å²) in [5.74, 6) is 0.946. The zero-order valence-electron chi connectivity index (χ0n) is 10.4. The average molecular weight is 235 g/mol. The van der Waals surface area contributed by atoms with E-state index in [1.165, 1.54) is 38.2 Å². The molecular weight excluding hydrogens is 213 g/mol. The van der Waals surface area contributed by atoms with E-state index in [1.54, 1.807) is 6.07 Å². The molecule has 1 aromatic carbocycles. The van der Waals surface area contributed by atoms with Crippen LogP contribution in [-0.2, 0) is 0 Å². The van der Waals surface area contributed by atoms with Crippen molar-refractivity contribution in [2.45, 2.75) is 44.4 Å². The summed E-state index contributed by atoms with van der Waals surface area (Å²) < 4.78 is 13.7. The molecule has 0 aromatic heterocycles. The van der Waals surface area contributed by atoms with Crippen LogP contribution in [0.25, 0.3) is 0 Å².